The lowest BCUT2D eigenvalue weighted by atomic mass is 9.63. The van der Waals surface area contributed by atoms with Gasteiger partial charge in [0.1, 0.15) is 11.0 Å². The number of carbonyl (C=O) groups excluding carboxylic acids is 2. The number of methoxy groups -OCH3 is 1. The second kappa shape index (κ2) is 11.9. The summed E-state index contributed by atoms with van der Waals surface area (Å²) in [5.41, 5.74) is 1.41. The number of ether oxygens (including phenoxy) is 1. The summed E-state index contributed by atoms with van der Waals surface area (Å²) in [5.74, 6) is -1.24. The van der Waals surface area contributed by atoms with Crippen LogP contribution in [0.3, 0.4) is 0 Å². The van der Waals surface area contributed by atoms with Crippen LogP contribution < -0.4 is 10.1 Å². The number of carboxylic acid groups (broad SMARTS) is 1. The number of carboxylic acids is 1. The second-order valence-corrected chi connectivity index (χ2v) is 9.89. The van der Waals surface area contributed by atoms with Crippen molar-refractivity contribution >= 4 is 31.3 Å². The number of nitrogens with one attached hydrogen (secondary N) is 1. The zero-order chi connectivity index (χ0) is 26.7. The molecule has 1 aliphatic carbocycles. The lowest BCUT2D eigenvalue weighted by Crippen LogP contribution is -2.49. The fourth-order valence-electron chi connectivity index (χ4n) is 5.92. The van der Waals surface area contributed by atoms with E-state index in [0.29, 0.717) is 49.9 Å². The van der Waals surface area contributed by atoms with Gasteiger partial charge in [-0.25, -0.2) is 4.98 Å². The van der Waals surface area contributed by atoms with Crippen molar-refractivity contribution in [2.45, 2.75) is 43.1 Å². The van der Waals surface area contributed by atoms with Gasteiger partial charge in [0.15, 0.2) is 0 Å². The number of benzene rings is 2. The maximum Gasteiger partial charge on any atom is 0.318 e. The minimum absolute atomic E-state index is 0. The van der Waals surface area contributed by atoms with Gasteiger partial charge in [0.05, 0.1) is 13.0 Å². The SMILES string of the molecule is COc1ncccc1C(=O)NC1CCN(C(=O)[C@@H]2CC[C@](C(=O)O)(c3ccccc3)c3ccccc32)CC1.S. The first-order valence-electron chi connectivity index (χ1n) is 12.9. The van der Waals surface area contributed by atoms with Gasteiger partial charge in [-0.15, -0.1) is 0 Å². The summed E-state index contributed by atoms with van der Waals surface area (Å²) in [5, 5.41) is 13.5. The molecule has 0 bridgehead atoms. The van der Waals surface area contributed by atoms with Crippen LogP contribution in [-0.4, -0.2) is 59.0 Å². The smallest absolute Gasteiger partial charge is 0.318 e. The molecule has 1 aromatic heterocycles. The number of piperidine rings is 1. The normalized spacial score (nSPS) is 20.7. The molecule has 2 atom stereocenters. The highest BCUT2D eigenvalue weighted by Gasteiger charge is 2.49. The van der Waals surface area contributed by atoms with E-state index in [1.54, 1.807) is 18.3 Å². The molecule has 9 heteroatoms. The van der Waals surface area contributed by atoms with E-state index in [-0.39, 0.29) is 37.2 Å². The first-order valence-corrected chi connectivity index (χ1v) is 12.9. The molecule has 0 unspecified atom stereocenters. The van der Waals surface area contributed by atoms with Crippen molar-refractivity contribution in [1.29, 1.82) is 0 Å². The monoisotopic (exact) mass is 547 g/mol. The van der Waals surface area contributed by atoms with Gasteiger partial charge in [-0.05, 0) is 54.5 Å². The van der Waals surface area contributed by atoms with Gasteiger partial charge in [-0.1, -0.05) is 54.6 Å². The van der Waals surface area contributed by atoms with Crippen LogP contribution in [0.2, 0.25) is 0 Å². The molecular weight excluding hydrogens is 514 g/mol. The Kier molecular flexibility index (Phi) is 8.60. The first-order chi connectivity index (χ1) is 18.5. The van der Waals surface area contributed by atoms with Gasteiger partial charge in [0, 0.05) is 25.3 Å². The third-order valence-corrected chi connectivity index (χ3v) is 7.88. The van der Waals surface area contributed by atoms with E-state index in [1.807, 2.05) is 59.5 Å². The van der Waals surface area contributed by atoms with Gasteiger partial charge < -0.3 is 20.1 Å². The van der Waals surface area contributed by atoms with E-state index in [2.05, 4.69) is 10.3 Å². The molecule has 0 spiro atoms. The van der Waals surface area contributed by atoms with Crippen LogP contribution in [0, 0.1) is 0 Å². The molecular formula is C30H33N3O5S. The number of hydrogen-bond donors (Lipinski definition) is 2. The molecule has 3 aromatic rings. The number of aromatic nitrogens is 1. The van der Waals surface area contributed by atoms with Gasteiger partial charge in [0.2, 0.25) is 11.8 Å². The minimum atomic E-state index is -1.18. The second-order valence-electron chi connectivity index (χ2n) is 9.89. The quantitative estimate of drug-likeness (QED) is 0.485. The van der Waals surface area contributed by atoms with Crippen molar-refractivity contribution in [1.82, 2.24) is 15.2 Å². The molecule has 2 N–H and O–H groups in total. The number of hydrogen-bond acceptors (Lipinski definition) is 5. The minimum Gasteiger partial charge on any atom is -0.480 e. The zero-order valence-electron chi connectivity index (χ0n) is 21.8. The molecule has 39 heavy (non-hydrogen) atoms. The number of nitrogens with zero attached hydrogens (tertiary/aromatic N) is 2. The molecule has 2 amide bonds. The molecule has 5 rings (SSSR count). The van der Waals surface area contributed by atoms with Crippen LogP contribution in [0.25, 0.3) is 0 Å². The molecule has 1 fully saturated rings. The maximum atomic E-state index is 13.7. The van der Waals surface area contributed by atoms with Crippen molar-refractivity contribution in [2.24, 2.45) is 0 Å². The summed E-state index contributed by atoms with van der Waals surface area (Å²) < 4.78 is 5.20. The molecule has 2 aromatic carbocycles. The Bertz CT molecular complexity index is 1340. The van der Waals surface area contributed by atoms with Crippen LogP contribution in [0.5, 0.6) is 5.88 Å². The highest BCUT2D eigenvalue weighted by atomic mass is 32.1. The predicted molar refractivity (Wildman–Crippen MR) is 152 cm³/mol. The fraction of sp³-hybridized carbons (Fsp3) is 0.333. The summed E-state index contributed by atoms with van der Waals surface area (Å²) >= 11 is 0. The number of likely N-dealkylation sites (tertiary alicyclic amines) is 1. The Morgan fingerprint density at radius 3 is 2.36 bits per heavy atom. The number of carbonyl (C=O) groups is 3. The number of amides is 2. The number of fused-ring (bicyclic) bond motifs is 1. The average Bonchev–Trinajstić information content (AvgIpc) is 2.97. The van der Waals surface area contributed by atoms with E-state index in [1.165, 1.54) is 7.11 Å². The van der Waals surface area contributed by atoms with Crippen molar-refractivity contribution in [3.63, 3.8) is 0 Å². The lowest BCUT2D eigenvalue weighted by Gasteiger charge is -2.41. The van der Waals surface area contributed by atoms with E-state index in [9.17, 15) is 19.5 Å². The van der Waals surface area contributed by atoms with Crippen molar-refractivity contribution in [3.8, 4) is 5.88 Å². The Hall–Kier alpha value is -3.85. The number of rotatable bonds is 6. The Labute approximate surface area is 234 Å². The van der Waals surface area contributed by atoms with Crippen LogP contribution >= 0.6 is 13.5 Å². The average molecular weight is 548 g/mol. The van der Waals surface area contributed by atoms with E-state index < -0.39 is 17.3 Å². The summed E-state index contributed by atoms with van der Waals surface area (Å²) in [4.78, 5) is 45.2. The summed E-state index contributed by atoms with van der Waals surface area (Å²) in [6.45, 7) is 1.05. The van der Waals surface area contributed by atoms with Crippen LogP contribution in [0.1, 0.15) is 58.6 Å². The molecule has 1 aliphatic heterocycles. The Morgan fingerprint density at radius 1 is 0.974 bits per heavy atom. The molecule has 204 valence electrons. The molecule has 1 saturated heterocycles. The van der Waals surface area contributed by atoms with Crippen LogP contribution in [-0.2, 0) is 15.0 Å². The molecule has 8 nitrogen and oxygen atoms in total. The van der Waals surface area contributed by atoms with Crippen LogP contribution in [0.15, 0.2) is 72.9 Å². The summed E-state index contributed by atoms with van der Waals surface area (Å²) in [7, 11) is 1.48. The third kappa shape index (κ3) is 5.23. The van der Waals surface area contributed by atoms with Crippen molar-refractivity contribution < 1.29 is 24.2 Å². The van der Waals surface area contributed by atoms with Gasteiger partial charge in [-0.2, -0.15) is 13.5 Å². The maximum absolute atomic E-state index is 13.7. The Morgan fingerprint density at radius 2 is 1.67 bits per heavy atom. The molecule has 2 aliphatic rings. The third-order valence-electron chi connectivity index (χ3n) is 7.88. The van der Waals surface area contributed by atoms with Gasteiger partial charge in [0.25, 0.3) is 5.91 Å². The standard InChI is InChI=1S/C30H31N3O5.H2S/c1-38-27-24(11-7-17-31-27)26(34)32-21-14-18-33(19-15-21)28(35)23-13-16-30(29(36)37,20-8-3-2-4-9-20)25-12-6-5-10-22(23)25;/h2-12,17,21,23H,13-16,18-19H2,1H3,(H,32,34)(H,36,37);1H2/t23-,30+;/m1./s1. The van der Waals surface area contributed by atoms with Crippen molar-refractivity contribution in [2.75, 3.05) is 20.2 Å². The molecule has 0 radical (unpaired) electrons. The topological polar surface area (TPSA) is 109 Å². The largest absolute Gasteiger partial charge is 0.480 e. The number of aliphatic carboxylic acids is 1. The predicted octanol–water partition coefficient (Wildman–Crippen LogP) is 3.87. The zero-order valence-corrected chi connectivity index (χ0v) is 22.8. The van der Waals surface area contributed by atoms with Crippen LogP contribution in [0.4, 0.5) is 0 Å². The lowest BCUT2D eigenvalue weighted by molar-refractivity contribution is -0.144. The molecule has 2 heterocycles. The van der Waals surface area contributed by atoms with E-state index in [4.69, 9.17) is 4.74 Å². The van der Waals surface area contributed by atoms with Gasteiger partial charge >= 0.3 is 5.97 Å². The first kappa shape index (κ1) is 28.2. The highest BCUT2D eigenvalue weighted by Crippen LogP contribution is 2.47. The van der Waals surface area contributed by atoms with Gasteiger partial charge in [-0.3, -0.25) is 14.4 Å². The van der Waals surface area contributed by atoms with E-state index in [0.717, 1.165) is 11.1 Å². The molecule has 0 saturated carbocycles. The Balaban J connectivity index is 0.00000353. The fourth-order valence-corrected chi connectivity index (χ4v) is 5.92. The summed E-state index contributed by atoms with van der Waals surface area (Å²) in [6.07, 6.45) is 3.65. The number of pyridine rings is 1. The van der Waals surface area contributed by atoms with Crippen molar-refractivity contribution in [3.05, 3.63) is 95.2 Å². The van der Waals surface area contributed by atoms with E-state index >= 15 is 0 Å². The summed E-state index contributed by atoms with van der Waals surface area (Å²) in [6, 6.07) is 20.1. The highest BCUT2D eigenvalue weighted by molar-refractivity contribution is 7.59.